The molecule has 0 saturated carbocycles. The second-order valence-electron chi connectivity index (χ2n) is 6.86. The van der Waals surface area contributed by atoms with Crippen LogP contribution in [-0.4, -0.2) is 38.3 Å². The van der Waals surface area contributed by atoms with Gasteiger partial charge >= 0.3 is 6.61 Å². The summed E-state index contributed by atoms with van der Waals surface area (Å²) in [6.45, 7) is -2.60. The zero-order valence-electron chi connectivity index (χ0n) is 15.9. The fourth-order valence-corrected chi connectivity index (χ4v) is 4.97. The highest BCUT2D eigenvalue weighted by Gasteiger charge is 2.33. The van der Waals surface area contributed by atoms with Crippen LogP contribution < -0.4 is 10.1 Å². The highest BCUT2D eigenvalue weighted by Crippen LogP contribution is 2.25. The maximum Gasteiger partial charge on any atom is 0.387 e. The van der Waals surface area contributed by atoms with Crippen LogP contribution in [0.1, 0.15) is 18.4 Å². The molecule has 1 atom stereocenters. The highest BCUT2D eigenvalue weighted by atomic mass is 35.5. The standard InChI is InChI=1S/C20H21ClF2N2O4S/c21-16-7-9-17(10-8-16)30(27,28)25-11-3-5-15(13-25)19(26)24-12-14-4-1-2-6-18(14)29-20(22)23/h1-2,4,6-10,15,20H,3,5,11-13H2,(H,24,26). The van der Waals surface area contributed by atoms with E-state index >= 15 is 0 Å². The van der Waals surface area contributed by atoms with Gasteiger partial charge in [0.2, 0.25) is 15.9 Å². The lowest BCUT2D eigenvalue weighted by atomic mass is 9.98. The van der Waals surface area contributed by atoms with Gasteiger partial charge in [-0.15, -0.1) is 0 Å². The van der Waals surface area contributed by atoms with Gasteiger partial charge in [0, 0.05) is 30.2 Å². The maximum absolute atomic E-state index is 12.9. The molecule has 30 heavy (non-hydrogen) atoms. The summed E-state index contributed by atoms with van der Waals surface area (Å²) in [5.41, 5.74) is 0.410. The molecule has 0 bridgehead atoms. The van der Waals surface area contributed by atoms with Crippen LogP contribution in [-0.2, 0) is 21.4 Å². The Morgan fingerprint density at radius 3 is 2.60 bits per heavy atom. The number of carbonyl (C=O) groups is 1. The number of piperidine rings is 1. The van der Waals surface area contributed by atoms with Gasteiger partial charge in [0.05, 0.1) is 10.8 Å². The van der Waals surface area contributed by atoms with Crippen molar-refractivity contribution in [2.75, 3.05) is 13.1 Å². The Balaban J connectivity index is 1.64. The molecular weight excluding hydrogens is 438 g/mol. The first-order valence-electron chi connectivity index (χ1n) is 9.33. The number of carbonyl (C=O) groups excluding carboxylic acids is 1. The largest absolute Gasteiger partial charge is 0.434 e. The van der Waals surface area contributed by atoms with Crippen LogP contribution >= 0.6 is 11.6 Å². The maximum atomic E-state index is 12.9. The van der Waals surface area contributed by atoms with E-state index in [0.29, 0.717) is 30.0 Å². The van der Waals surface area contributed by atoms with E-state index in [1.165, 1.54) is 34.6 Å². The van der Waals surface area contributed by atoms with Gasteiger partial charge in [0.1, 0.15) is 5.75 Å². The molecule has 2 aromatic carbocycles. The predicted molar refractivity (Wildman–Crippen MR) is 108 cm³/mol. The summed E-state index contributed by atoms with van der Waals surface area (Å²) in [6.07, 6.45) is 1.07. The van der Waals surface area contributed by atoms with Crippen molar-refractivity contribution >= 4 is 27.5 Å². The minimum atomic E-state index is -3.74. The lowest BCUT2D eigenvalue weighted by Crippen LogP contribution is -2.45. The Morgan fingerprint density at radius 1 is 1.20 bits per heavy atom. The van der Waals surface area contributed by atoms with Crippen molar-refractivity contribution in [2.45, 2.75) is 30.9 Å². The molecule has 0 aromatic heterocycles. The molecule has 1 N–H and O–H groups in total. The molecule has 0 aliphatic carbocycles. The molecule has 1 aliphatic heterocycles. The quantitative estimate of drug-likeness (QED) is 0.687. The van der Waals surface area contributed by atoms with E-state index in [0.717, 1.165) is 0 Å². The fraction of sp³-hybridized carbons (Fsp3) is 0.350. The molecule has 2 aromatic rings. The summed E-state index contributed by atoms with van der Waals surface area (Å²) in [5, 5.41) is 3.13. The monoisotopic (exact) mass is 458 g/mol. The third kappa shape index (κ3) is 5.47. The van der Waals surface area contributed by atoms with Crippen molar-refractivity contribution in [1.29, 1.82) is 0 Å². The first kappa shape index (κ1) is 22.5. The van der Waals surface area contributed by atoms with Crippen LogP contribution in [0.2, 0.25) is 5.02 Å². The van der Waals surface area contributed by atoms with E-state index in [2.05, 4.69) is 10.1 Å². The normalized spacial score (nSPS) is 17.7. The van der Waals surface area contributed by atoms with Crippen molar-refractivity contribution < 1.29 is 26.7 Å². The molecule has 1 saturated heterocycles. The average Bonchev–Trinajstić information content (AvgIpc) is 2.73. The molecule has 1 heterocycles. The molecular formula is C20H21ClF2N2O4S. The van der Waals surface area contributed by atoms with Gasteiger partial charge in [-0.3, -0.25) is 4.79 Å². The number of hydrogen-bond acceptors (Lipinski definition) is 4. The van der Waals surface area contributed by atoms with E-state index in [4.69, 9.17) is 11.6 Å². The van der Waals surface area contributed by atoms with Gasteiger partial charge in [-0.25, -0.2) is 8.42 Å². The molecule has 0 radical (unpaired) electrons. The van der Waals surface area contributed by atoms with Gasteiger partial charge in [0.25, 0.3) is 0 Å². The van der Waals surface area contributed by atoms with E-state index in [1.807, 2.05) is 0 Å². The number of amides is 1. The van der Waals surface area contributed by atoms with Gasteiger partial charge in [-0.2, -0.15) is 13.1 Å². The molecule has 3 rings (SSSR count). The minimum Gasteiger partial charge on any atom is -0.434 e. The van der Waals surface area contributed by atoms with Crippen LogP contribution in [0.25, 0.3) is 0 Å². The topological polar surface area (TPSA) is 75.7 Å². The number of hydrogen-bond donors (Lipinski definition) is 1. The van der Waals surface area contributed by atoms with E-state index < -0.39 is 22.6 Å². The van der Waals surface area contributed by atoms with Crippen LogP contribution in [0.15, 0.2) is 53.4 Å². The summed E-state index contributed by atoms with van der Waals surface area (Å²) in [4.78, 5) is 12.7. The third-order valence-corrected chi connectivity index (χ3v) is 6.98. The number of halogens is 3. The molecule has 1 fully saturated rings. The number of benzene rings is 2. The van der Waals surface area contributed by atoms with Crippen molar-refractivity contribution in [3.63, 3.8) is 0 Å². The zero-order chi connectivity index (χ0) is 21.7. The van der Waals surface area contributed by atoms with E-state index in [-0.39, 0.29) is 29.6 Å². The van der Waals surface area contributed by atoms with Gasteiger partial charge in [0.15, 0.2) is 0 Å². The molecule has 162 valence electrons. The average molecular weight is 459 g/mol. The van der Waals surface area contributed by atoms with Crippen molar-refractivity contribution in [1.82, 2.24) is 9.62 Å². The van der Waals surface area contributed by atoms with Gasteiger partial charge in [-0.05, 0) is 43.2 Å². The Labute approximate surface area is 178 Å². The zero-order valence-corrected chi connectivity index (χ0v) is 17.5. The molecule has 0 spiro atoms. The van der Waals surface area contributed by atoms with E-state index in [1.54, 1.807) is 18.2 Å². The molecule has 6 nitrogen and oxygen atoms in total. The number of sulfonamides is 1. The third-order valence-electron chi connectivity index (χ3n) is 4.85. The number of nitrogens with one attached hydrogen (secondary N) is 1. The number of para-hydroxylation sites is 1. The molecule has 10 heteroatoms. The van der Waals surface area contributed by atoms with Gasteiger partial charge in [-0.1, -0.05) is 29.8 Å². The molecule has 1 unspecified atom stereocenters. The Bertz CT molecular complexity index is 987. The van der Waals surface area contributed by atoms with Crippen LogP contribution in [0.5, 0.6) is 5.75 Å². The minimum absolute atomic E-state index is 0.00214. The Morgan fingerprint density at radius 2 is 1.90 bits per heavy atom. The number of ether oxygens (including phenoxy) is 1. The summed E-state index contributed by atoms with van der Waals surface area (Å²) in [6, 6.07) is 12.1. The highest BCUT2D eigenvalue weighted by molar-refractivity contribution is 7.89. The first-order valence-corrected chi connectivity index (χ1v) is 11.2. The summed E-state index contributed by atoms with van der Waals surface area (Å²) in [5.74, 6) is -0.884. The lowest BCUT2D eigenvalue weighted by molar-refractivity contribution is -0.126. The Hall–Kier alpha value is -2.23. The smallest absolute Gasteiger partial charge is 0.387 e. The number of rotatable bonds is 7. The first-order chi connectivity index (χ1) is 14.3. The summed E-state index contributed by atoms with van der Waals surface area (Å²) >= 11 is 5.82. The van der Waals surface area contributed by atoms with Crippen molar-refractivity contribution in [3.8, 4) is 5.75 Å². The van der Waals surface area contributed by atoms with Crippen LogP contribution in [0.3, 0.4) is 0 Å². The summed E-state index contributed by atoms with van der Waals surface area (Å²) in [7, 11) is -3.74. The second-order valence-corrected chi connectivity index (χ2v) is 9.23. The van der Waals surface area contributed by atoms with Crippen molar-refractivity contribution in [3.05, 3.63) is 59.1 Å². The summed E-state index contributed by atoms with van der Waals surface area (Å²) < 4.78 is 56.5. The fourth-order valence-electron chi connectivity index (χ4n) is 3.32. The van der Waals surface area contributed by atoms with E-state index in [9.17, 15) is 22.0 Å². The van der Waals surface area contributed by atoms with Crippen molar-refractivity contribution in [2.24, 2.45) is 5.92 Å². The molecule has 1 amide bonds. The predicted octanol–water partition coefficient (Wildman–Crippen LogP) is 3.66. The second kappa shape index (κ2) is 9.72. The van der Waals surface area contributed by atoms with Crippen LogP contribution in [0.4, 0.5) is 8.78 Å². The lowest BCUT2D eigenvalue weighted by Gasteiger charge is -2.31. The van der Waals surface area contributed by atoms with Gasteiger partial charge < -0.3 is 10.1 Å². The van der Waals surface area contributed by atoms with Crippen LogP contribution in [0, 0.1) is 5.92 Å². The Kier molecular flexibility index (Phi) is 7.27. The SMILES string of the molecule is O=C(NCc1ccccc1OC(F)F)C1CCCN(S(=O)(=O)c2ccc(Cl)cc2)C1. The molecule has 1 aliphatic rings. The number of nitrogens with zero attached hydrogens (tertiary/aromatic N) is 1. The number of alkyl halides is 2.